The van der Waals surface area contributed by atoms with Gasteiger partial charge in [0, 0.05) is 18.6 Å². The summed E-state index contributed by atoms with van der Waals surface area (Å²) in [5, 5.41) is 13.0. The van der Waals surface area contributed by atoms with Crippen LogP contribution in [0.4, 0.5) is 0 Å². The maximum atomic E-state index is 11.3. The lowest BCUT2D eigenvalue weighted by molar-refractivity contribution is 0.0664. The van der Waals surface area contributed by atoms with Gasteiger partial charge in [-0.15, -0.1) is 0 Å². The molecule has 1 aromatic heterocycles. The molecule has 1 aromatic carbocycles. The highest BCUT2D eigenvalue weighted by Gasteiger charge is 2.25. The van der Waals surface area contributed by atoms with Gasteiger partial charge in [-0.3, -0.25) is 4.99 Å². The third kappa shape index (κ3) is 1.34. The van der Waals surface area contributed by atoms with Crippen LogP contribution in [0.2, 0.25) is 0 Å². The van der Waals surface area contributed by atoms with Crippen molar-refractivity contribution in [3.63, 3.8) is 0 Å². The first kappa shape index (κ1) is 10.6. The van der Waals surface area contributed by atoms with Gasteiger partial charge in [-0.25, -0.2) is 4.79 Å². The molecule has 3 rings (SSSR count). The Hall–Kier alpha value is -2.56. The average Bonchev–Trinajstić information content (AvgIpc) is 2.64. The van der Waals surface area contributed by atoms with Gasteiger partial charge in [0.15, 0.2) is 0 Å². The van der Waals surface area contributed by atoms with E-state index in [-0.39, 0.29) is 5.76 Å². The number of carboxylic acids is 1. The van der Waals surface area contributed by atoms with Crippen molar-refractivity contribution in [1.29, 1.82) is 0 Å². The van der Waals surface area contributed by atoms with Crippen LogP contribution in [0.3, 0.4) is 0 Å². The lowest BCUT2D eigenvalue weighted by Gasteiger charge is -2.02. The van der Waals surface area contributed by atoms with Crippen LogP contribution in [0.15, 0.2) is 33.8 Å². The van der Waals surface area contributed by atoms with Crippen LogP contribution >= 0.6 is 0 Å². The van der Waals surface area contributed by atoms with E-state index in [0.717, 1.165) is 10.9 Å². The van der Waals surface area contributed by atoms with E-state index in [2.05, 4.69) is 10.3 Å². The van der Waals surface area contributed by atoms with Gasteiger partial charge < -0.3 is 14.8 Å². The topological polar surface area (TPSA) is 74.8 Å². The van der Waals surface area contributed by atoms with E-state index in [1.165, 1.54) is 0 Å². The summed E-state index contributed by atoms with van der Waals surface area (Å²) in [5.74, 6) is -0.696. The number of furan rings is 1. The number of hydrogen-bond acceptors (Lipinski definition) is 3. The molecule has 18 heavy (non-hydrogen) atoms. The lowest BCUT2D eigenvalue weighted by Crippen LogP contribution is -2.19. The quantitative estimate of drug-likeness (QED) is 0.802. The maximum Gasteiger partial charge on any atom is 0.372 e. The van der Waals surface area contributed by atoms with Crippen molar-refractivity contribution in [3.8, 4) is 0 Å². The molecule has 1 aliphatic rings. The third-order valence-corrected chi connectivity index (χ3v) is 2.89. The summed E-state index contributed by atoms with van der Waals surface area (Å²) in [6, 6.07) is 5.49. The predicted molar refractivity (Wildman–Crippen MR) is 67.8 cm³/mol. The molecule has 90 valence electrons. The zero-order valence-corrected chi connectivity index (χ0v) is 9.60. The Balaban J connectivity index is 2.50. The largest absolute Gasteiger partial charge is 0.475 e. The Labute approximate surface area is 102 Å². The summed E-state index contributed by atoms with van der Waals surface area (Å²) in [5.41, 5.74) is 1.96. The fourth-order valence-corrected chi connectivity index (χ4v) is 2.15. The third-order valence-electron chi connectivity index (χ3n) is 2.89. The molecule has 0 saturated carbocycles. The molecule has 0 unspecified atom stereocenters. The number of hydrogen-bond donors (Lipinski definition) is 2. The normalized spacial score (nSPS) is 15.7. The number of aromatic carboxylic acids is 1. The van der Waals surface area contributed by atoms with Gasteiger partial charge in [-0.05, 0) is 17.7 Å². The Morgan fingerprint density at radius 2 is 2.28 bits per heavy atom. The standard InChI is InChI=1S/C13H10N2O3/c1-14-12-10-9-7(5-6-15-12)3-2-4-8(9)18-11(10)13(16)17/h2-6H,1H3,(H,14,15)(H,16,17). The number of carboxylic acid groups (broad SMARTS) is 1. The Bertz CT molecular complexity index is 710. The molecular weight excluding hydrogens is 232 g/mol. The van der Waals surface area contributed by atoms with Gasteiger partial charge in [-0.2, -0.15) is 0 Å². The Morgan fingerprint density at radius 1 is 1.44 bits per heavy atom. The van der Waals surface area contributed by atoms with Gasteiger partial charge in [0.2, 0.25) is 5.76 Å². The minimum absolute atomic E-state index is 0.0887. The lowest BCUT2D eigenvalue weighted by atomic mass is 10.0. The molecule has 0 aliphatic carbocycles. The monoisotopic (exact) mass is 242 g/mol. The molecule has 2 N–H and O–H groups in total. The molecule has 0 saturated heterocycles. The van der Waals surface area contributed by atoms with Gasteiger partial charge in [0.05, 0.1) is 5.56 Å². The fourth-order valence-electron chi connectivity index (χ4n) is 2.15. The van der Waals surface area contributed by atoms with Crippen molar-refractivity contribution in [1.82, 2.24) is 5.32 Å². The number of carbonyl (C=O) groups is 1. The first-order valence-corrected chi connectivity index (χ1v) is 5.41. The second kappa shape index (κ2) is 3.73. The van der Waals surface area contributed by atoms with E-state index in [1.807, 2.05) is 18.2 Å². The molecule has 2 heterocycles. The number of nitrogens with one attached hydrogen (secondary N) is 1. The zero-order chi connectivity index (χ0) is 12.7. The van der Waals surface area contributed by atoms with E-state index < -0.39 is 5.97 Å². The van der Waals surface area contributed by atoms with Gasteiger partial charge in [0.1, 0.15) is 11.4 Å². The van der Waals surface area contributed by atoms with Crippen molar-refractivity contribution in [2.45, 2.75) is 0 Å². The summed E-state index contributed by atoms with van der Waals surface area (Å²) < 4.78 is 5.41. The maximum absolute atomic E-state index is 11.3. The first-order valence-electron chi connectivity index (χ1n) is 5.41. The minimum atomic E-state index is -1.10. The van der Waals surface area contributed by atoms with Crippen molar-refractivity contribution in [2.24, 2.45) is 4.99 Å². The highest BCUT2D eigenvalue weighted by molar-refractivity contribution is 6.18. The highest BCUT2D eigenvalue weighted by atomic mass is 16.4. The molecule has 0 amide bonds. The van der Waals surface area contributed by atoms with Crippen LogP contribution in [0.1, 0.15) is 21.7 Å². The van der Waals surface area contributed by atoms with Gasteiger partial charge >= 0.3 is 5.97 Å². The van der Waals surface area contributed by atoms with E-state index in [0.29, 0.717) is 17.0 Å². The van der Waals surface area contributed by atoms with Crippen molar-refractivity contribution in [2.75, 3.05) is 7.05 Å². The Morgan fingerprint density at radius 3 is 3.00 bits per heavy atom. The number of amidine groups is 1. The minimum Gasteiger partial charge on any atom is -0.475 e. The molecular formula is C13H10N2O3. The summed E-state index contributed by atoms with van der Waals surface area (Å²) in [4.78, 5) is 15.3. The SMILES string of the molecule is CN=C1NC=Cc2cccc3oc(C(=O)O)c1c23. The van der Waals surface area contributed by atoms with Crippen LogP contribution in [0, 0.1) is 0 Å². The second-order valence-electron chi connectivity index (χ2n) is 3.88. The summed E-state index contributed by atoms with van der Waals surface area (Å²) in [6.07, 6.45) is 3.61. The van der Waals surface area contributed by atoms with E-state index in [9.17, 15) is 9.90 Å². The van der Waals surface area contributed by atoms with Crippen molar-refractivity contribution in [3.05, 3.63) is 41.3 Å². The van der Waals surface area contributed by atoms with Crippen LogP contribution in [0.5, 0.6) is 0 Å². The number of nitrogens with zero attached hydrogens (tertiary/aromatic N) is 1. The van der Waals surface area contributed by atoms with Crippen molar-refractivity contribution >= 4 is 28.9 Å². The molecule has 0 fully saturated rings. The van der Waals surface area contributed by atoms with Crippen LogP contribution in [0.25, 0.3) is 17.0 Å². The zero-order valence-electron chi connectivity index (χ0n) is 9.60. The van der Waals surface area contributed by atoms with E-state index in [4.69, 9.17) is 4.42 Å². The van der Waals surface area contributed by atoms with E-state index >= 15 is 0 Å². The fraction of sp³-hybridized carbons (Fsp3) is 0.0769. The van der Waals surface area contributed by atoms with Crippen LogP contribution in [-0.2, 0) is 0 Å². The average molecular weight is 242 g/mol. The van der Waals surface area contributed by atoms with E-state index in [1.54, 1.807) is 19.3 Å². The number of aliphatic imine (C=N–C) groups is 1. The smallest absolute Gasteiger partial charge is 0.372 e. The van der Waals surface area contributed by atoms with Crippen molar-refractivity contribution < 1.29 is 14.3 Å². The molecule has 5 heteroatoms. The summed E-state index contributed by atoms with van der Waals surface area (Å²) >= 11 is 0. The molecule has 0 atom stereocenters. The van der Waals surface area contributed by atoms with Crippen LogP contribution < -0.4 is 5.32 Å². The Kier molecular flexibility index (Phi) is 2.19. The highest BCUT2D eigenvalue weighted by Crippen LogP contribution is 2.31. The second-order valence-corrected chi connectivity index (χ2v) is 3.88. The predicted octanol–water partition coefficient (Wildman–Crippen LogP) is 2.08. The molecule has 0 spiro atoms. The summed E-state index contributed by atoms with van der Waals surface area (Å²) in [7, 11) is 1.61. The molecule has 0 bridgehead atoms. The van der Waals surface area contributed by atoms with Gasteiger partial charge in [0.25, 0.3) is 0 Å². The molecule has 2 aromatic rings. The van der Waals surface area contributed by atoms with Crippen LogP contribution in [-0.4, -0.2) is 24.0 Å². The number of benzene rings is 1. The first-order chi connectivity index (χ1) is 8.72. The molecule has 0 radical (unpaired) electrons. The van der Waals surface area contributed by atoms with Gasteiger partial charge in [-0.1, -0.05) is 12.1 Å². The number of rotatable bonds is 1. The summed E-state index contributed by atoms with van der Waals surface area (Å²) in [6.45, 7) is 0. The molecule has 1 aliphatic heterocycles. The molecule has 5 nitrogen and oxygen atoms in total.